The molecule has 0 heterocycles. The Balaban J connectivity index is 1.65. The third-order valence-electron chi connectivity index (χ3n) is 4.27. The number of hydrogen-bond donors (Lipinski definition) is 1. The molecule has 0 spiro atoms. The summed E-state index contributed by atoms with van der Waals surface area (Å²) in [5.41, 5.74) is 0.865. The lowest BCUT2D eigenvalue weighted by Crippen LogP contribution is -2.35. The third-order valence-corrected chi connectivity index (χ3v) is 4.27. The van der Waals surface area contributed by atoms with Crippen LogP contribution in [-0.4, -0.2) is 19.7 Å². The van der Waals surface area contributed by atoms with Crippen LogP contribution < -0.4 is 10.1 Å². The van der Waals surface area contributed by atoms with E-state index in [0.717, 1.165) is 24.6 Å². The number of hydrogen-bond acceptors (Lipinski definition) is 2. The average Bonchev–Trinajstić information content (AvgIpc) is 3.14. The average molecular weight is 249 g/mol. The zero-order valence-corrected chi connectivity index (χ0v) is 10.8. The van der Waals surface area contributed by atoms with Gasteiger partial charge in [0, 0.05) is 12.1 Å². The van der Waals surface area contributed by atoms with Gasteiger partial charge in [0.2, 0.25) is 0 Å². The van der Waals surface area contributed by atoms with Crippen molar-refractivity contribution in [2.45, 2.75) is 37.6 Å². The van der Waals surface area contributed by atoms with Gasteiger partial charge in [0.25, 0.3) is 0 Å². The second-order valence-corrected chi connectivity index (χ2v) is 5.51. The first-order valence-electron chi connectivity index (χ1n) is 6.84. The number of nitrogens with one attached hydrogen (secondary N) is 1. The van der Waals surface area contributed by atoms with Gasteiger partial charge in [-0.3, -0.25) is 0 Å². The smallest absolute Gasteiger partial charge is 0.130 e. The molecule has 0 bridgehead atoms. The topological polar surface area (TPSA) is 21.3 Å². The van der Waals surface area contributed by atoms with Crippen LogP contribution in [0.1, 0.15) is 37.2 Å². The molecule has 0 amide bonds. The monoisotopic (exact) mass is 249 g/mol. The highest BCUT2D eigenvalue weighted by Gasteiger charge is 2.34. The van der Waals surface area contributed by atoms with E-state index in [9.17, 15) is 4.39 Å². The molecule has 2 atom stereocenters. The summed E-state index contributed by atoms with van der Waals surface area (Å²) >= 11 is 0. The molecule has 3 rings (SSSR count). The summed E-state index contributed by atoms with van der Waals surface area (Å²) < 4.78 is 19.0. The zero-order valence-electron chi connectivity index (χ0n) is 10.8. The molecule has 2 aliphatic carbocycles. The first-order chi connectivity index (χ1) is 8.78. The van der Waals surface area contributed by atoms with E-state index in [-0.39, 0.29) is 5.82 Å². The number of methoxy groups -OCH3 is 1. The van der Waals surface area contributed by atoms with Crippen molar-refractivity contribution in [3.8, 4) is 5.75 Å². The Morgan fingerprint density at radius 3 is 2.67 bits per heavy atom. The molecule has 1 aromatic rings. The van der Waals surface area contributed by atoms with Crippen LogP contribution in [0.15, 0.2) is 18.2 Å². The van der Waals surface area contributed by atoms with Gasteiger partial charge in [0.15, 0.2) is 0 Å². The van der Waals surface area contributed by atoms with Gasteiger partial charge in [-0.1, -0.05) is 6.07 Å². The van der Waals surface area contributed by atoms with E-state index in [1.165, 1.54) is 25.3 Å². The largest absolute Gasteiger partial charge is 0.497 e. The van der Waals surface area contributed by atoms with Crippen molar-refractivity contribution in [2.75, 3.05) is 13.7 Å². The van der Waals surface area contributed by atoms with Crippen molar-refractivity contribution < 1.29 is 9.13 Å². The van der Waals surface area contributed by atoms with Gasteiger partial charge in [-0.2, -0.15) is 0 Å². The Hall–Kier alpha value is -1.09. The minimum Gasteiger partial charge on any atom is -0.497 e. The molecule has 2 nitrogen and oxygen atoms in total. The summed E-state index contributed by atoms with van der Waals surface area (Å²) in [5.74, 6) is 1.48. The van der Waals surface area contributed by atoms with Gasteiger partial charge >= 0.3 is 0 Å². The fourth-order valence-corrected chi connectivity index (χ4v) is 2.76. The SMILES string of the molecule is COc1ccc(C2CCC2CNC2CC2)c(F)c1. The standard InChI is InChI=1S/C15H20FNO/c1-18-12-5-7-14(15(16)8-12)13-6-2-10(13)9-17-11-3-4-11/h5,7-8,10-11,13,17H,2-4,6,9H2,1H3. The summed E-state index contributed by atoms with van der Waals surface area (Å²) in [6.45, 7) is 1.04. The minimum atomic E-state index is -0.115. The van der Waals surface area contributed by atoms with E-state index in [1.54, 1.807) is 7.11 Å². The summed E-state index contributed by atoms with van der Waals surface area (Å²) in [5, 5.41) is 3.55. The summed E-state index contributed by atoms with van der Waals surface area (Å²) in [6, 6.07) is 6.00. The van der Waals surface area contributed by atoms with Crippen molar-refractivity contribution in [3.05, 3.63) is 29.6 Å². The maximum Gasteiger partial charge on any atom is 0.130 e. The van der Waals surface area contributed by atoms with Crippen molar-refractivity contribution in [1.29, 1.82) is 0 Å². The van der Waals surface area contributed by atoms with Gasteiger partial charge in [-0.25, -0.2) is 4.39 Å². The molecule has 18 heavy (non-hydrogen) atoms. The normalized spacial score (nSPS) is 26.8. The van der Waals surface area contributed by atoms with E-state index >= 15 is 0 Å². The van der Waals surface area contributed by atoms with E-state index in [0.29, 0.717) is 17.6 Å². The van der Waals surface area contributed by atoms with Crippen molar-refractivity contribution >= 4 is 0 Å². The number of ether oxygens (including phenoxy) is 1. The summed E-state index contributed by atoms with van der Waals surface area (Å²) in [4.78, 5) is 0. The van der Waals surface area contributed by atoms with Gasteiger partial charge < -0.3 is 10.1 Å². The molecule has 0 aliphatic heterocycles. The van der Waals surface area contributed by atoms with Crippen LogP contribution in [0.5, 0.6) is 5.75 Å². The predicted octanol–water partition coefficient (Wildman–Crippen LogP) is 3.08. The molecule has 0 radical (unpaired) electrons. The lowest BCUT2D eigenvalue weighted by Gasteiger charge is -2.37. The van der Waals surface area contributed by atoms with E-state index < -0.39 is 0 Å². The molecule has 1 N–H and O–H groups in total. The minimum absolute atomic E-state index is 0.115. The second-order valence-electron chi connectivity index (χ2n) is 5.51. The molecule has 0 aromatic heterocycles. The van der Waals surface area contributed by atoms with Crippen LogP contribution in [0.25, 0.3) is 0 Å². The first kappa shape index (κ1) is 12.0. The quantitative estimate of drug-likeness (QED) is 0.866. The van der Waals surface area contributed by atoms with Gasteiger partial charge in [-0.05, 0) is 55.7 Å². The number of rotatable bonds is 5. The molecule has 3 heteroatoms. The third kappa shape index (κ3) is 2.37. The Kier molecular flexibility index (Phi) is 3.25. The van der Waals surface area contributed by atoms with Gasteiger partial charge in [-0.15, -0.1) is 0 Å². The number of benzene rings is 1. The predicted molar refractivity (Wildman–Crippen MR) is 69.4 cm³/mol. The summed E-state index contributed by atoms with van der Waals surface area (Å²) in [6.07, 6.45) is 4.96. The second kappa shape index (κ2) is 4.88. The number of halogens is 1. The summed E-state index contributed by atoms with van der Waals surface area (Å²) in [7, 11) is 1.57. The van der Waals surface area contributed by atoms with Crippen LogP contribution in [0.2, 0.25) is 0 Å². The van der Waals surface area contributed by atoms with Crippen molar-refractivity contribution in [3.63, 3.8) is 0 Å². The van der Waals surface area contributed by atoms with E-state index in [2.05, 4.69) is 5.32 Å². The molecule has 2 fully saturated rings. The van der Waals surface area contributed by atoms with Crippen LogP contribution in [0.4, 0.5) is 4.39 Å². The molecule has 1 aromatic carbocycles. The van der Waals surface area contributed by atoms with Crippen LogP contribution in [0.3, 0.4) is 0 Å². The molecule has 98 valence electrons. The lowest BCUT2D eigenvalue weighted by atomic mass is 9.70. The highest BCUT2D eigenvalue weighted by molar-refractivity contribution is 5.32. The fourth-order valence-electron chi connectivity index (χ4n) is 2.76. The Morgan fingerprint density at radius 1 is 1.28 bits per heavy atom. The molecule has 2 saturated carbocycles. The van der Waals surface area contributed by atoms with Crippen LogP contribution in [-0.2, 0) is 0 Å². The van der Waals surface area contributed by atoms with Crippen molar-refractivity contribution in [1.82, 2.24) is 5.32 Å². The maximum atomic E-state index is 14.0. The zero-order chi connectivity index (χ0) is 12.5. The lowest BCUT2D eigenvalue weighted by molar-refractivity contribution is 0.239. The molecule has 2 unspecified atom stereocenters. The molecule has 0 saturated heterocycles. The van der Waals surface area contributed by atoms with Gasteiger partial charge in [0.1, 0.15) is 11.6 Å². The highest BCUT2D eigenvalue weighted by atomic mass is 19.1. The highest BCUT2D eigenvalue weighted by Crippen LogP contribution is 2.43. The molecular formula is C15H20FNO. The Bertz CT molecular complexity index is 431. The van der Waals surface area contributed by atoms with Gasteiger partial charge in [0.05, 0.1) is 7.11 Å². The molecular weight excluding hydrogens is 229 g/mol. The van der Waals surface area contributed by atoms with Crippen molar-refractivity contribution in [2.24, 2.45) is 5.92 Å². The molecule has 2 aliphatic rings. The Morgan fingerprint density at radius 2 is 2.11 bits per heavy atom. The van der Waals surface area contributed by atoms with E-state index in [4.69, 9.17) is 4.74 Å². The van der Waals surface area contributed by atoms with E-state index in [1.807, 2.05) is 12.1 Å². The van der Waals surface area contributed by atoms with Crippen LogP contribution >= 0.6 is 0 Å². The Labute approximate surface area is 108 Å². The first-order valence-corrected chi connectivity index (χ1v) is 6.84. The van der Waals surface area contributed by atoms with Crippen LogP contribution in [0, 0.1) is 11.7 Å². The fraction of sp³-hybridized carbons (Fsp3) is 0.600. The maximum absolute atomic E-state index is 14.0.